The third kappa shape index (κ3) is 1.79. The Hall–Kier alpha value is -4.04. The maximum atomic E-state index is 13.2. The van der Waals surface area contributed by atoms with Crippen molar-refractivity contribution in [3.63, 3.8) is 0 Å². The third-order valence-electron chi connectivity index (χ3n) is 6.53. The van der Waals surface area contributed by atoms with Gasteiger partial charge in [-0.15, -0.1) is 0 Å². The average Bonchev–Trinajstić information content (AvgIpc) is 3.11. The minimum Gasteiger partial charge on any atom is -0.289 e. The predicted molar refractivity (Wildman–Crippen MR) is 119 cm³/mol. The van der Waals surface area contributed by atoms with Gasteiger partial charge in [-0.1, -0.05) is 66.7 Å². The molecule has 138 valence electrons. The monoisotopic (exact) mass is 382 g/mol. The smallest absolute Gasteiger partial charge is 0.194 e. The molecule has 2 aliphatic carbocycles. The second kappa shape index (κ2) is 5.31. The number of rotatable bonds is 0. The molecule has 30 heavy (non-hydrogen) atoms. The molecule has 2 aliphatic rings. The summed E-state index contributed by atoms with van der Waals surface area (Å²) in [6.45, 7) is 0. The molecule has 0 spiro atoms. The fourth-order valence-electron chi connectivity index (χ4n) is 5.19. The summed E-state index contributed by atoms with van der Waals surface area (Å²) >= 11 is 0. The molecule has 0 unspecified atom stereocenters. The second-order valence-corrected chi connectivity index (χ2v) is 8.02. The molecular formula is C28H14O2. The molecule has 5 aromatic rings. The largest absolute Gasteiger partial charge is 0.289 e. The normalized spacial score (nSPS) is 13.5. The van der Waals surface area contributed by atoms with Crippen molar-refractivity contribution in [3.05, 3.63) is 107 Å². The fourth-order valence-corrected chi connectivity index (χ4v) is 5.19. The molecule has 0 fully saturated rings. The van der Waals surface area contributed by atoms with Crippen molar-refractivity contribution in [3.8, 4) is 22.3 Å². The lowest BCUT2D eigenvalue weighted by Gasteiger charge is -2.19. The number of carbonyl (C=O) groups excluding carboxylic acids is 2. The summed E-state index contributed by atoms with van der Waals surface area (Å²) < 4.78 is 0. The molecule has 0 aromatic heterocycles. The first-order chi connectivity index (χ1) is 14.7. The van der Waals surface area contributed by atoms with Crippen LogP contribution in [0, 0.1) is 0 Å². The van der Waals surface area contributed by atoms with Crippen LogP contribution in [0.3, 0.4) is 0 Å². The van der Waals surface area contributed by atoms with Crippen LogP contribution in [0.2, 0.25) is 0 Å². The number of carbonyl (C=O) groups is 2. The highest BCUT2D eigenvalue weighted by Gasteiger charge is 2.33. The van der Waals surface area contributed by atoms with Crippen LogP contribution in [-0.2, 0) is 0 Å². The summed E-state index contributed by atoms with van der Waals surface area (Å²) in [5, 5.41) is 4.80. The van der Waals surface area contributed by atoms with E-state index in [0.717, 1.165) is 22.3 Å². The number of hydrogen-bond donors (Lipinski definition) is 0. The molecule has 0 saturated carbocycles. The summed E-state index contributed by atoms with van der Waals surface area (Å²) in [6.07, 6.45) is 0. The Balaban J connectivity index is 1.60. The van der Waals surface area contributed by atoms with E-state index < -0.39 is 0 Å². The Bertz CT molecular complexity index is 1620. The summed E-state index contributed by atoms with van der Waals surface area (Å²) in [5.74, 6) is -0.146. The van der Waals surface area contributed by atoms with Gasteiger partial charge in [-0.25, -0.2) is 0 Å². The van der Waals surface area contributed by atoms with E-state index in [9.17, 15) is 9.59 Å². The van der Waals surface area contributed by atoms with E-state index in [1.807, 2.05) is 30.3 Å². The Morgan fingerprint density at radius 1 is 0.400 bits per heavy atom. The van der Waals surface area contributed by atoms with Crippen LogP contribution in [0.5, 0.6) is 0 Å². The lowest BCUT2D eigenvalue weighted by molar-refractivity contribution is 0.0979. The lowest BCUT2D eigenvalue weighted by atomic mass is 9.82. The highest BCUT2D eigenvalue weighted by Crippen LogP contribution is 2.50. The Morgan fingerprint density at radius 2 is 0.967 bits per heavy atom. The van der Waals surface area contributed by atoms with E-state index in [4.69, 9.17) is 0 Å². The van der Waals surface area contributed by atoms with Crippen LogP contribution >= 0.6 is 0 Å². The number of ketones is 2. The Kier molecular flexibility index (Phi) is 2.80. The first-order valence-electron chi connectivity index (χ1n) is 10.0. The molecule has 0 aliphatic heterocycles. The molecule has 0 N–H and O–H groups in total. The SMILES string of the molecule is O=C1c2ccccc2C(=O)c2cc3c(cc21)-c1cccc2c1c-3cc1ccccc12. The van der Waals surface area contributed by atoms with Crippen LogP contribution in [0.4, 0.5) is 0 Å². The molecule has 2 heteroatoms. The van der Waals surface area contributed by atoms with Crippen molar-refractivity contribution < 1.29 is 9.59 Å². The topological polar surface area (TPSA) is 34.1 Å². The van der Waals surface area contributed by atoms with Crippen molar-refractivity contribution in [1.82, 2.24) is 0 Å². The summed E-state index contributed by atoms with van der Waals surface area (Å²) in [6, 6.07) is 27.9. The number of hydrogen-bond acceptors (Lipinski definition) is 2. The van der Waals surface area contributed by atoms with Gasteiger partial charge in [0, 0.05) is 22.3 Å². The predicted octanol–water partition coefficient (Wildman–Crippen LogP) is 6.42. The molecule has 0 amide bonds. The zero-order valence-electron chi connectivity index (χ0n) is 15.9. The first-order valence-corrected chi connectivity index (χ1v) is 10.0. The summed E-state index contributed by atoms with van der Waals surface area (Å²) in [5.41, 5.74) is 6.33. The second-order valence-electron chi connectivity index (χ2n) is 8.02. The molecule has 0 atom stereocenters. The van der Waals surface area contributed by atoms with Crippen molar-refractivity contribution >= 4 is 33.1 Å². The first kappa shape index (κ1) is 15.8. The number of benzene rings is 5. The van der Waals surface area contributed by atoms with Gasteiger partial charge in [0.05, 0.1) is 0 Å². The van der Waals surface area contributed by atoms with Crippen LogP contribution in [0.1, 0.15) is 31.8 Å². The van der Waals surface area contributed by atoms with Gasteiger partial charge in [-0.2, -0.15) is 0 Å². The number of fused-ring (bicyclic) bond motifs is 7. The van der Waals surface area contributed by atoms with Gasteiger partial charge in [-0.3, -0.25) is 9.59 Å². The lowest BCUT2D eigenvalue weighted by Crippen LogP contribution is -2.20. The highest BCUT2D eigenvalue weighted by atomic mass is 16.1. The highest BCUT2D eigenvalue weighted by molar-refractivity contribution is 6.31. The van der Waals surface area contributed by atoms with Gasteiger partial charge in [0.1, 0.15) is 0 Å². The molecule has 2 nitrogen and oxygen atoms in total. The van der Waals surface area contributed by atoms with Crippen molar-refractivity contribution in [2.75, 3.05) is 0 Å². The summed E-state index contributed by atoms with van der Waals surface area (Å²) in [4.78, 5) is 26.4. The van der Waals surface area contributed by atoms with Gasteiger partial charge < -0.3 is 0 Å². The van der Waals surface area contributed by atoms with Gasteiger partial charge in [0.25, 0.3) is 0 Å². The summed E-state index contributed by atoms with van der Waals surface area (Å²) in [7, 11) is 0. The van der Waals surface area contributed by atoms with Crippen LogP contribution in [0.15, 0.2) is 84.9 Å². The van der Waals surface area contributed by atoms with Gasteiger partial charge >= 0.3 is 0 Å². The molecule has 0 bridgehead atoms. The zero-order chi connectivity index (χ0) is 20.0. The van der Waals surface area contributed by atoms with E-state index in [1.54, 1.807) is 12.1 Å². The molecule has 0 radical (unpaired) electrons. The maximum Gasteiger partial charge on any atom is 0.194 e. The standard InChI is InChI=1S/C28H14O2/c29-27-19-8-3-4-9-20(19)28(30)25-14-22-21(13-24(25)27)18-11-5-10-17-16-7-2-1-6-15(16)12-23(22)26(17)18/h1-14H. The third-order valence-corrected chi connectivity index (χ3v) is 6.53. The van der Waals surface area contributed by atoms with E-state index in [1.165, 1.54) is 21.5 Å². The van der Waals surface area contributed by atoms with E-state index in [-0.39, 0.29) is 11.6 Å². The minimum atomic E-state index is -0.0732. The zero-order valence-corrected chi connectivity index (χ0v) is 15.9. The minimum absolute atomic E-state index is 0.0729. The van der Waals surface area contributed by atoms with Crippen LogP contribution < -0.4 is 0 Å². The fraction of sp³-hybridized carbons (Fsp3) is 0. The van der Waals surface area contributed by atoms with Gasteiger partial charge in [0.15, 0.2) is 11.6 Å². The van der Waals surface area contributed by atoms with Crippen LogP contribution in [-0.4, -0.2) is 11.6 Å². The maximum absolute atomic E-state index is 13.2. The van der Waals surface area contributed by atoms with E-state index in [2.05, 4.69) is 42.5 Å². The van der Waals surface area contributed by atoms with Gasteiger partial charge in [0.2, 0.25) is 0 Å². The quantitative estimate of drug-likeness (QED) is 0.284. The van der Waals surface area contributed by atoms with E-state index >= 15 is 0 Å². The van der Waals surface area contributed by atoms with E-state index in [0.29, 0.717) is 22.3 Å². The Labute approximate surface area is 172 Å². The van der Waals surface area contributed by atoms with Gasteiger partial charge in [-0.05, 0) is 62.0 Å². The molecular weight excluding hydrogens is 368 g/mol. The average molecular weight is 382 g/mol. The molecule has 0 saturated heterocycles. The van der Waals surface area contributed by atoms with Crippen LogP contribution in [0.25, 0.3) is 43.8 Å². The van der Waals surface area contributed by atoms with Crippen molar-refractivity contribution in [2.24, 2.45) is 0 Å². The van der Waals surface area contributed by atoms with Crippen molar-refractivity contribution in [1.29, 1.82) is 0 Å². The Morgan fingerprint density at radius 3 is 1.70 bits per heavy atom. The molecule has 7 rings (SSSR count). The van der Waals surface area contributed by atoms with Crippen molar-refractivity contribution in [2.45, 2.75) is 0 Å². The molecule has 0 heterocycles. The molecule has 5 aromatic carbocycles.